The second-order valence-electron chi connectivity index (χ2n) is 22.9. The molecule has 0 aromatic heterocycles. The van der Waals surface area contributed by atoms with Crippen molar-refractivity contribution in [3.8, 4) is 123 Å². The fourth-order valence-corrected chi connectivity index (χ4v) is 13.8. The zero-order valence-electron chi connectivity index (χ0n) is 47.8. The average Bonchev–Trinajstić information content (AvgIpc) is 1.56. The lowest BCUT2D eigenvalue weighted by Gasteiger charge is -2.35. The molecule has 0 atom stereocenters. The smallest absolute Gasteiger partial charge is 0.231 e. The molecule has 0 amide bonds. The van der Waals surface area contributed by atoms with E-state index in [-0.39, 0.29) is 6.79 Å². The highest BCUT2D eigenvalue weighted by Gasteiger charge is 2.48. The number of rotatable bonds is 11. The van der Waals surface area contributed by atoms with Crippen molar-refractivity contribution in [1.29, 1.82) is 0 Å². The number of fused-ring (bicyclic) bond motifs is 4. The second-order valence-corrected chi connectivity index (χ2v) is 22.9. The Kier molecular flexibility index (Phi) is 12.9. The zero-order chi connectivity index (χ0) is 57.0. The molecule has 404 valence electrons. The van der Waals surface area contributed by atoms with Crippen molar-refractivity contribution in [3.05, 3.63) is 336 Å². The van der Waals surface area contributed by atoms with E-state index in [1.807, 2.05) is 0 Å². The molecule has 2 nitrogen and oxygen atoms in total. The highest BCUT2D eigenvalue weighted by Crippen LogP contribution is 2.61. The van der Waals surface area contributed by atoms with Crippen LogP contribution < -0.4 is 9.47 Å². The van der Waals surface area contributed by atoms with Gasteiger partial charge in [-0.2, -0.15) is 0 Å². The van der Waals surface area contributed by atoms with Gasteiger partial charge in [0.05, 0.1) is 5.41 Å². The Labute approximate surface area is 498 Å². The SMILES string of the molecule is Cc1cc(C)c(-c2cccc3c2-c2cc4c(cc2C3(c2cccc(-c3cccc(-c5cc(-c6ccccc6)cc(-c6ccccc6)c5)c3)c2)c2cccc(-c3cccc(-c5cc(-c6ccccc6)cc(-c6ccccc6)c5)c3)c2)OCO4)c(C)c1. The second kappa shape index (κ2) is 21.3. The number of hydrogen-bond acceptors (Lipinski definition) is 2. The molecule has 0 unspecified atom stereocenters. The largest absolute Gasteiger partial charge is 0.454 e. The Morgan fingerprint density at radius 1 is 0.247 bits per heavy atom. The summed E-state index contributed by atoms with van der Waals surface area (Å²) in [5, 5.41) is 0. The van der Waals surface area contributed by atoms with Crippen LogP contribution in [0.15, 0.2) is 297 Å². The molecule has 85 heavy (non-hydrogen) atoms. The van der Waals surface area contributed by atoms with Gasteiger partial charge < -0.3 is 9.47 Å². The molecule has 1 heterocycles. The Morgan fingerprint density at radius 2 is 0.576 bits per heavy atom. The van der Waals surface area contributed by atoms with E-state index < -0.39 is 5.41 Å². The Bertz CT molecular complexity index is 4340. The van der Waals surface area contributed by atoms with Gasteiger partial charge in [-0.25, -0.2) is 0 Å². The summed E-state index contributed by atoms with van der Waals surface area (Å²) in [6.07, 6.45) is 0. The van der Waals surface area contributed by atoms with Gasteiger partial charge >= 0.3 is 0 Å². The minimum Gasteiger partial charge on any atom is -0.454 e. The Hall–Kier alpha value is -10.5. The van der Waals surface area contributed by atoms with Gasteiger partial charge in [0.25, 0.3) is 0 Å². The van der Waals surface area contributed by atoms with E-state index in [2.05, 4.69) is 318 Å². The summed E-state index contributed by atoms with van der Waals surface area (Å²) in [6.45, 7) is 6.88. The predicted octanol–water partition coefficient (Wildman–Crippen LogP) is 21.7. The Balaban J connectivity index is 0.928. The maximum atomic E-state index is 6.37. The quantitative estimate of drug-likeness (QED) is 0.129. The lowest BCUT2D eigenvalue weighted by Crippen LogP contribution is -2.28. The van der Waals surface area contributed by atoms with E-state index in [0.717, 1.165) is 56.0 Å². The maximum absolute atomic E-state index is 6.37. The number of hydrogen-bond donors (Lipinski definition) is 0. The van der Waals surface area contributed by atoms with Gasteiger partial charge in [-0.1, -0.05) is 230 Å². The summed E-state index contributed by atoms with van der Waals surface area (Å²) in [5.41, 5.74) is 31.2. The van der Waals surface area contributed by atoms with E-state index >= 15 is 0 Å². The van der Waals surface area contributed by atoms with Crippen molar-refractivity contribution >= 4 is 0 Å². The number of ether oxygens (including phenoxy) is 2. The molecule has 0 fully saturated rings. The molecular formula is C83H60O2. The lowest BCUT2D eigenvalue weighted by molar-refractivity contribution is 0.174. The topological polar surface area (TPSA) is 18.5 Å². The third-order valence-corrected chi connectivity index (χ3v) is 17.5. The van der Waals surface area contributed by atoms with Gasteiger partial charge in [-0.05, 0) is 238 Å². The van der Waals surface area contributed by atoms with E-state index in [4.69, 9.17) is 9.47 Å². The first-order chi connectivity index (χ1) is 41.8. The molecule has 0 N–H and O–H groups in total. The molecule has 13 aromatic carbocycles. The third kappa shape index (κ3) is 9.24. The van der Waals surface area contributed by atoms with E-state index in [1.165, 1.54) is 106 Å². The summed E-state index contributed by atoms with van der Waals surface area (Å²) in [6, 6.07) is 110. The van der Waals surface area contributed by atoms with E-state index in [9.17, 15) is 0 Å². The summed E-state index contributed by atoms with van der Waals surface area (Å²) >= 11 is 0. The molecule has 0 spiro atoms. The van der Waals surface area contributed by atoms with Crippen molar-refractivity contribution in [2.24, 2.45) is 0 Å². The van der Waals surface area contributed by atoms with Crippen molar-refractivity contribution < 1.29 is 9.47 Å². The molecule has 15 rings (SSSR count). The van der Waals surface area contributed by atoms with Gasteiger partial charge in [0.15, 0.2) is 11.5 Å². The highest BCUT2D eigenvalue weighted by molar-refractivity contribution is 5.98. The van der Waals surface area contributed by atoms with Crippen molar-refractivity contribution in [3.63, 3.8) is 0 Å². The maximum Gasteiger partial charge on any atom is 0.231 e. The molecule has 13 aromatic rings. The van der Waals surface area contributed by atoms with Crippen LogP contribution in [0.5, 0.6) is 11.5 Å². The number of aryl methyl sites for hydroxylation is 3. The van der Waals surface area contributed by atoms with Crippen LogP contribution in [0.4, 0.5) is 0 Å². The van der Waals surface area contributed by atoms with Crippen LogP contribution in [0.25, 0.3) is 111 Å². The minimum absolute atomic E-state index is 0.176. The standard InChI is InChI=1S/C83H60O2/c1-54-39-55(2)81(56(3)40-54)75-37-20-38-77-82(75)76-51-79-80(85-53-84-79)52-78(76)83(77,73-35-18-33-65(49-73)61-29-16-31-63(41-61)71-45-67(57-21-8-4-9-22-57)43-68(46-71)58-23-10-5-11-24-58)74-36-19-34-66(50-74)62-30-17-32-64(42-62)72-47-69(59-25-12-6-13-26-59)44-70(48-72)60-27-14-7-15-28-60/h4-52H,53H2,1-3H3. The first kappa shape index (κ1) is 51.3. The lowest BCUT2D eigenvalue weighted by atomic mass is 9.66. The van der Waals surface area contributed by atoms with Gasteiger partial charge in [0.1, 0.15) is 0 Å². The van der Waals surface area contributed by atoms with Crippen LogP contribution in [-0.2, 0) is 5.41 Å². The fraction of sp³-hybridized carbons (Fsp3) is 0.0602. The first-order valence-corrected chi connectivity index (χ1v) is 29.4. The minimum atomic E-state index is -0.807. The van der Waals surface area contributed by atoms with Crippen LogP contribution in [0.2, 0.25) is 0 Å². The zero-order valence-corrected chi connectivity index (χ0v) is 47.8. The third-order valence-electron chi connectivity index (χ3n) is 17.5. The van der Waals surface area contributed by atoms with Crippen molar-refractivity contribution in [1.82, 2.24) is 0 Å². The summed E-state index contributed by atoms with van der Waals surface area (Å²) in [7, 11) is 0. The van der Waals surface area contributed by atoms with Gasteiger partial charge in [-0.3, -0.25) is 0 Å². The van der Waals surface area contributed by atoms with Crippen LogP contribution in [0, 0.1) is 20.8 Å². The first-order valence-electron chi connectivity index (χ1n) is 29.4. The van der Waals surface area contributed by atoms with Gasteiger partial charge in [-0.15, -0.1) is 0 Å². The molecule has 0 radical (unpaired) electrons. The van der Waals surface area contributed by atoms with Crippen molar-refractivity contribution in [2.75, 3.05) is 6.79 Å². The molecule has 1 aliphatic carbocycles. The van der Waals surface area contributed by atoms with Crippen LogP contribution in [0.3, 0.4) is 0 Å². The van der Waals surface area contributed by atoms with E-state index in [0.29, 0.717) is 0 Å². The van der Waals surface area contributed by atoms with Crippen LogP contribution in [0.1, 0.15) is 38.9 Å². The summed E-state index contributed by atoms with van der Waals surface area (Å²) in [4.78, 5) is 0. The molecule has 2 heteroatoms. The van der Waals surface area contributed by atoms with Gasteiger partial charge in [0, 0.05) is 0 Å². The number of benzene rings is 13. The monoisotopic (exact) mass is 1090 g/mol. The highest BCUT2D eigenvalue weighted by atomic mass is 16.7. The molecule has 1 aliphatic heterocycles. The molecule has 0 saturated heterocycles. The average molecular weight is 1090 g/mol. The summed E-state index contributed by atoms with van der Waals surface area (Å²) < 4.78 is 12.7. The molecule has 0 saturated carbocycles. The normalized spacial score (nSPS) is 12.6. The predicted molar refractivity (Wildman–Crippen MR) is 353 cm³/mol. The van der Waals surface area contributed by atoms with Crippen LogP contribution in [-0.4, -0.2) is 6.79 Å². The summed E-state index contributed by atoms with van der Waals surface area (Å²) in [5.74, 6) is 1.52. The molecule has 0 bridgehead atoms. The Morgan fingerprint density at radius 3 is 1.00 bits per heavy atom. The van der Waals surface area contributed by atoms with Crippen LogP contribution >= 0.6 is 0 Å². The molecular weight excluding hydrogens is 1030 g/mol. The van der Waals surface area contributed by atoms with Gasteiger partial charge in [0.2, 0.25) is 6.79 Å². The molecule has 2 aliphatic rings. The van der Waals surface area contributed by atoms with Crippen molar-refractivity contribution in [2.45, 2.75) is 26.2 Å². The van der Waals surface area contributed by atoms with E-state index in [1.54, 1.807) is 0 Å². The fourth-order valence-electron chi connectivity index (χ4n) is 13.8.